The minimum Gasteiger partial charge on any atom is -0.444 e. The molecule has 1 heterocycles. The molecule has 0 saturated carbocycles. The SMILES string of the molecule is Cc1ccc2c(c1)C(NC(=O)OC(C)(C)C)[C@@H](C)OC2. The van der Waals surface area contributed by atoms with Gasteiger partial charge in [0, 0.05) is 0 Å². The van der Waals surface area contributed by atoms with E-state index < -0.39 is 11.7 Å². The Balaban J connectivity index is 2.19. The molecule has 4 nitrogen and oxygen atoms in total. The molecule has 2 atom stereocenters. The standard InChI is InChI=1S/C16H23NO3/c1-10-6-7-12-9-19-11(2)14(13(12)8-10)17-15(18)20-16(3,4)5/h6-8,11,14H,9H2,1-5H3,(H,17,18)/t11-,14?/m1/s1. The van der Waals surface area contributed by atoms with Gasteiger partial charge < -0.3 is 14.8 Å². The number of aryl methyl sites for hydroxylation is 1. The Kier molecular flexibility index (Phi) is 4.04. The minimum atomic E-state index is -0.502. The number of carbonyl (C=O) groups excluding carboxylic acids is 1. The summed E-state index contributed by atoms with van der Waals surface area (Å²) in [6, 6.07) is 6.05. The van der Waals surface area contributed by atoms with E-state index >= 15 is 0 Å². The molecule has 0 bridgehead atoms. The van der Waals surface area contributed by atoms with E-state index in [-0.39, 0.29) is 12.1 Å². The highest BCUT2D eigenvalue weighted by Crippen LogP contribution is 2.30. The Bertz CT molecular complexity index is 505. The monoisotopic (exact) mass is 277 g/mol. The summed E-state index contributed by atoms with van der Waals surface area (Å²) in [6.07, 6.45) is -0.482. The van der Waals surface area contributed by atoms with Crippen LogP contribution < -0.4 is 5.32 Å². The van der Waals surface area contributed by atoms with Gasteiger partial charge in [0.1, 0.15) is 5.60 Å². The summed E-state index contributed by atoms with van der Waals surface area (Å²) in [6.45, 7) is 10.2. The molecule has 1 aromatic carbocycles. The van der Waals surface area contributed by atoms with Crippen molar-refractivity contribution in [1.29, 1.82) is 0 Å². The number of carbonyl (C=O) groups is 1. The number of alkyl carbamates (subject to hydrolysis) is 1. The molecule has 20 heavy (non-hydrogen) atoms. The van der Waals surface area contributed by atoms with Crippen molar-refractivity contribution in [3.63, 3.8) is 0 Å². The van der Waals surface area contributed by atoms with Crippen molar-refractivity contribution in [2.45, 2.75) is 59.0 Å². The molecule has 0 aromatic heterocycles. The van der Waals surface area contributed by atoms with Crippen LogP contribution in [0.5, 0.6) is 0 Å². The van der Waals surface area contributed by atoms with Crippen molar-refractivity contribution in [1.82, 2.24) is 5.32 Å². The summed E-state index contributed by atoms with van der Waals surface area (Å²) in [5.41, 5.74) is 2.91. The van der Waals surface area contributed by atoms with Crippen LogP contribution in [-0.4, -0.2) is 17.8 Å². The molecule has 0 fully saturated rings. The molecule has 1 aromatic rings. The average Bonchev–Trinajstić information content (AvgIpc) is 2.31. The van der Waals surface area contributed by atoms with Crippen LogP contribution in [0.15, 0.2) is 18.2 Å². The second-order valence-corrected chi connectivity index (χ2v) is 6.34. The molecule has 2 rings (SSSR count). The zero-order chi connectivity index (χ0) is 14.9. The number of hydrogen-bond donors (Lipinski definition) is 1. The summed E-state index contributed by atoms with van der Waals surface area (Å²) < 4.78 is 11.0. The van der Waals surface area contributed by atoms with Crippen molar-refractivity contribution in [2.75, 3.05) is 0 Å². The third-order valence-electron chi connectivity index (χ3n) is 3.28. The number of rotatable bonds is 1. The number of fused-ring (bicyclic) bond motifs is 1. The van der Waals surface area contributed by atoms with E-state index in [4.69, 9.17) is 9.47 Å². The lowest BCUT2D eigenvalue weighted by atomic mass is 9.93. The van der Waals surface area contributed by atoms with Gasteiger partial charge in [-0.3, -0.25) is 0 Å². The largest absolute Gasteiger partial charge is 0.444 e. The van der Waals surface area contributed by atoms with E-state index in [2.05, 4.69) is 23.5 Å². The summed E-state index contributed by atoms with van der Waals surface area (Å²) in [5.74, 6) is 0. The van der Waals surface area contributed by atoms with Crippen LogP contribution in [0.4, 0.5) is 4.79 Å². The second kappa shape index (κ2) is 5.44. The summed E-state index contributed by atoms with van der Waals surface area (Å²) in [4.78, 5) is 12.0. The zero-order valence-corrected chi connectivity index (χ0v) is 12.8. The lowest BCUT2D eigenvalue weighted by molar-refractivity contribution is 0.00252. The molecule has 0 saturated heterocycles. The molecule has 4 heteroatoms. The number of ether oxygens (including phenoxy) is 2. The molecular formula is C16H23NO3. The highest BCUT2D eigenvalue weighted by molar-refractivity contribution is 5.68. The maximum Gasteiger partial charge on any atom is 0.408 e. The van der Waals surface area contributed by atoms with Gasteiger partial charge in [-0.25, -0.2) is 4.79 Å². The maximum atomic E-state index is 12.0. The zero-order valence-electron chi connectivity index (χ0n) is 12.8. The average molecular weight is 277 g/mol. The minimum absolute atomic E-state index is 0.0724. The van der Waals surface area contributed by atoms with Gasteiger partial charge in [-0.2, -0.15) is 0 Å². The van der Waals surface area contributed by atoms with E-state index in [9.17, 15) is 4.79 Å². The van der Waals surface area contributed by atoms with Gasteiger partial charge in [-0.05, 0) is 45.7 Å². The number of benzene rings is 1. The molecule has 1 unspecified atom stereocenters. The molecule has 1 aliphatic heterocycles. The predicted octanol–water partition coefficient (Wildman–Crippen LogP) is 3.48. The molecule has 1 amide bonds. The van der Waals surface area contributed by atoms with Crippen LogP contribution in [-0.2, 0) is 16.1 Å². The Morgan fingerprint density at radius 1 is 1.40 bits per heavy atom. The van der Waals surface area contributed by atoms with E-state index in [1.54, 1.807) is 0 Å². The van der Waals surface area contributed by atoms with E-state index in [1.165, 1.54) is 5.56 Å². The van der Waals surface area contributed by atoms with Crippen LogP contribution in [0, 0.1) is 6.92 Å². The van der Waals surface area contributed by atoms with Gasteiger partial charge in [0.25, 0.3) is 0 Å². The van der Waals surface area contributed by atoms with Gasteiger partial charge in [0.2, 0.25) is 0 Å². The van der Waals surface area contributed by atoms with Crippen LogP contribution >= 0.6 is 0 Å². The lowest BCUT2D eigenvalue weighted by Crippen LogP contribution is -2.41. The van der Waals surface area contributed by atoms with Gasteiger partial charge in [0.05, 0.1) is 18.8 Å². The van der Waals surface area contributed by atoms with E-state index in [0.717, 1.165) is 11.1 Å². The molecule has 1 N–H and O–H groups in total. The smallest absolute Gasteiger partial charge is 0.408 e. The van der Waals surface area contributed by atoms with Gasteiger partial charge >= 0.3 is 6.09 Å². The predicted molar refractivity (Wildman–Crippen MR) is 77.5 cm³/mol. The first-order chi connectivity index (χ1) is 9.26. The maximum absolute atomic E-state index is 12.0. The van der Waals surface area contributed by atoms with Crippen molar-refractivity contribution >= 4 is 6.09 Å². The van der Waals surface area contributed by atoms with Crippen LogP contribution in [0.3, 0.4) is 0 Å². The van der Waals surface area contributed by atoms with Gasteiger partial charge in [-0.1, -0.05) is 23.8 Å². The normalized spacial score (nSPS) is 22.1. The Morgan fingerprint density at radius 2 is 2.10 bits per heavy atom. The third kappa shape index (κ3) is 3.51. The first-order valence-corrected chi connectivity index (χ1v) is 6.97. The van der Waals surface area contributed by atoms with Crippen LogP contribution in [0.1, 0.15) is 50.4 Å². The van der Waals surface area contributed by atoms with Crippen LogP contribution in [0.25, 0.3) is 0 Å². The molecule has 1 aliphatic rings. The molecular weight excluding hydrogens is 254 g/mol. The summed E-state index contributed by atoms with van der Waals surface area (Å²) in [5, 5.41) is 2.92. The van der Waals surface area contributed by atoms with Crippen molar-refractivity contribution in [3.05, 3.63) is 34.9 Å². The first-order valence-electron chi connectivity index (χ1n) is 6.97. The quantitative estimate of drug-likeness (QED) is 0.855. The fraction of sp³-hybridized carbons (Fsp3) is 0.562. The topological polar surface area (TPSA) is 47.6 Å². The van der Waals surface area contributed by atoms with Gasteiger partial charge in [0.15, 0.2) is 0 Å². The first kappa shape index (κ1) is 14.9. The van der Waals surface area contributed by atoms with Crippen molar-refractivity contribution < 1.29 is 14.3 Å². The van der Waals surface area contributed by atoms with Crippen molar-refractivity contribution in [2.24, 2.45) is 0 Å². The third-order valence-corrected chi connectivity index (χ3v) is 3.28. The fourth-order valence-corrected chi connectivity index (χ4v) is 2.34. The fourth-order valence-electron chi connectivity index (χ4n) is 2.34. The summed E-state index contributed by atoms with van der Waals surface area (Å²) in [7, 11) is 0. The summed E-state index contributed by atoms with van der Waals surface area (Å²) >= 11 is 0. The van der Waals surface area contributed by atoms with E-state index in [1.807, 2.05) is 34.6 Å². The molecule has 0 radical (unpaired) electrons. The molecule has 0 spiro atoms. The second-order valence-electron chi connectivity index (χ2n) is 6.34. The van der Waals surface area contributed by atoms with Gasteiger partial charge in [-0.15, -0.1) is 0 Å². The van der Waals surface area contributed by atoms with E-state index in [0.29, 0.717) is 6.61 Å². The van der Waals surface area contributed by atoms with Crippen LogP contribution in [0.2, 0.25) is 0 Å². The number of nitrogens with one attached hydrogen (secondary N) is 1. The Labute approximate surface area is 120 Å². The Hall–Kier alpha value is -1.55. The number of hydrogen-bond acceptors (Lipinski definition) is 3. The highest BCUT2D eigenvalue weighted by Gasteiger charge is 2.30. The van der Waals surface area contributed by atoms with Crippen molar-refractivity contribution in [3.8, 4) is 0 Å². The highest BCUT2D eigenvalue weighted by atomic mass is 16.6. The lowest BCUT2D eigenvalue weighted by Gasteiger charge is -2.33. The number of amides is 1. The Morgan fingerprint density at radius 3 is 2.75 bits per heavy atom. The molecule has 0 aliphatic carbocycles. The molecule has 110 valence electrons.